The number of ether oxygens (including phenoxy) is 2. The van der Waals surface area contributed by atoms with Crippen molar-refractivity contribution in [3.63, 3.8) is 0 Å². The molecule has 0 radical (unpaired) electrons. The van der Waals surface area contributed by atoms with Crippen molar-refractivity contribution in [3.8, 4) is 11.5 Å². The van der Waals surface area contributed by atoms with Gasteiger partial charge in [-0.05, 0) is 62.3 Å². The van der Waals surface area contributed by atoms with Crippen LogP contribution in [0.4, 0.5) is 0 Å². The smallest absolute Gasteiger partial charge is 0.161 e. The zero-order chi connectivity index (χ0) is 16.5. The molecular formula is C18H26N2O3. The zero-order valence-electron chi connectivity index (χ0n) is 13.9. The van der Waals surface area contributed by atoms with Crippen LogP contribution in [-0.2, 0) is 12.8 Å². The topological polar surface area (TPSA) is 67.4 Å². The molecule has 126 valence electrons. The monoisotopic (exact) mass is 318 g/mol. The molecule has 1 aromatic carbocycles. The Bertz CT molecular complexity index is 564. The van der Waals surface area contributed by atoms with Gasteiger partial charge in [-0.3, -0.25) is 5.10 Å². The molecule has 1 aromatic heterocycles. The molecule has 0 spiro atoms. The number of rotatable bonds is 6. The molecule has 0 saturated heterocycles. The third-order valence-corrected chi connectivity index (χ3v) is 4.07. The van der Waals surface area contributed by atoms with E-state index in [-0.39, 0.29) is 0 Å². The largest absolute Gasteiger partial charge is 0.493 e. The second-order valence-electron chi connectivity index (χ2n) is 5.59. The predicted molar refractivity (Wildman–Crippen MR) is 90.0 cm³/mol. The van der Waals surface area contributed by atoms with Crippen LogP contribution < -0.4 is 9.47 Å². The summed E-state index contributed by atoms with van der Waals surface area (Å²) in [5.74, 6) is 1.71. The Morgan fingerprint density at radius 1 is 1.13 bits per heavy atom. The number of nitrogens with one attached hydrogen (secondary N) is 1. The third kappa shape index (κ3) is 4.99. The van der Waals surface area contributed by atoms with E-state index in [2.05, 4.69) is 22.3 Å². The van der Waals surface area contributed by atoms with Crippen LogP contribution >= 0.6 is 0 Å². The molecule has 1 aliphatic rings. The van der Waals surface area contributed by atoms with Crippen LogP contribution in [0.3, 0.4) is 0 Å². The fourth-order valence-electron chi connectivity index (χ4n) is 2.86. The minimum atomic E-state index is 0.349. The molecule has 2 N–H and O–H groups in total. The molecule has 1 aliphatic carbocycles. The van der Waals surface area contributed by atoms with Crippen LogP contribution in [-0.4, -0.2) is 35.6 Å². The standard InChI is InChI=1S/C17H22N2O2.CH4O/c1-20-16-9-7-13(6-8-14-10-11-18-19-14)12-17(16)21-15-4-2-3-5-15;1-2/h7,9-12,15H,2-6,8H2,1H3,(H,18,19);2H,1H3. The molecule has 1 heterocycles. The number of aromatic amines is 1. The highest BCUT2D eigenvalue weighted by Gasteiger charge is 2.18. The maximum absolute atomic E-state index is 7.00. The molecule has 0 amide bonds. The van der Waals surface area contributed by atoms with Gasteiger partial charge in [-0.25, -0.2) is 0 Å². The summed E-state index contributed by atoms with van der Waals surface area (Å²) in [4.78, 5) is 0. The van der Waals surface area contributed by atoms with E-state index in [1.54, 1.807) is 13.3 Å². The summed E-state index contributed by atoms with van der Waals surface area (Å²) >= 11 is 0. The fourth-order valence-corrected chi connectivity index (χ4v) is 2.86. The first-order valence-corrected chi connectivity index (χ1v) is 8.11. The van der Waals surface area contributed by atoms with Crippen molar-refractivity contribution in [3.05, 3.63) is 41.7 Å². The van der Waals surface area contributed by atoms with Crippen LogP contribution in [0.2, 0.25) is 0 Å². The molecule has 5 heteroatoms. The average molecular weight is 318 g/mol. The van der Waals surface area contributed by atoms with Crippen molar-refractivity contribution >= 4 is 0 Å². The third-order valence-electron chi connectivity index (χ3n) is 4.07. The highest BCUT2D eigenvalue weighted by Crippen LogP contribution is 2.32. The van der Waals surface area contributed by atoms with Gasteiger partial charge < -0.3 is 14.6 Å². The Labute approximate surface area is 137 Å². The SMILES string of the molecule is CO.COc1ccc(CCc2ccn[nH]2)cc1OC1CCCC1. The van der Waals surface area contributed by atoms with Gasteiger partial charge in [0.2, 0.25) is 0 Å². The minimum Gasteiger partial charge on any atom is -0.493 e. The molecule has 1 saturated carbocycles. The summed E-state index contributed by atoms with van der Waals surface area (Å²) in [5.41, 5.74) is 2.42. The van der Waals surface area contributed by atoms with Crippen molar-refractivity contribution in [1.29, 1.82) is 0 Å². The molecule has 5 nitrogen and oxygen atoms in total. The summed E-state index contributed by atoms with van der Waals surface area (Å²) in [6.07, 6.45) is 8.91. The fraction of sp³-hybridized carbons (Fsp3) is 0.500. The summed E-state index contributed by atoms with van der Waals surface area (Å²) in [6.45, 7) is 0. The quantitative estimate of drug-likeness (QED) is 0.858. The summed E-state index contributed by atoms with van der Waals surface area (Å²) in [6, 6.07) is 8.25. The number of aliphatic hydroxyl groups is 1. The van der Waals surface area contributed by atoms with Gasteiger partial charge in [-0.15, -0.1) is 0 Å². The van der Waals surface area contributed by atoms with Crippen molar-refractivity contribution in [2.24, 2.45) is 0 Å². The lowest BCUT2D eigenvalue weighted by Crippen LogP contribution is -2.11. The molecule has 1 fully saturated rings. The van der Waals surface area contributed by atoms with Crippen LogP contribution in [0.1, 0.15) is 36.9 Å². The molecule has 0 aliphatic heterocycles. The molecule has 3 rings (SSSR count). The van der Waals surface area contributed by atoms with E-state index in [0.29, 0.717) is 6.10 Å². The molecule has 0 atom stereocenters. The first kappa shape index (κ1) is 17.3. The lowest BCUT2D eigenvalue weighted by molar-refractivity contribution is 0.200. The van der Waals surface area contributed by atoms with Gasteiger partial charge in [-0.2, -0.15) is 5.10 Å². The summed E-state index contributed by atoms with van der Waals surface area (Å²) in [7, 11) is 2.70. The maximum atomic E-state index is 7.00. The van der Waals surface area contributed by atoms with Gasteiger partial charge in [0.1, 0.15) is 0 Å². The Morgan fingerprint density at radius 3 is 2.57 bits per heavy atom. The Morgan fingerprint density at radius 2 is 1.91 bits per heavy atom. The lowest BCUT2D eigenvalue weighted by Gasteiger charge is -2.16. The molecule has 23 heavy (non-hydrogen) atoms. The summed E-state index contributed by atoms with van der Waals surface area (Å²) in [5, 5.41) is 14.0. The van der Waals surface area contributed by atoms with Crippen LogP contribution in [0.25, 0.3) is 0 Å². The van der Waals surface area contributed by atoms with Crippen LogP contribution in [0, 0.1) is 0 Å². The highest BCUT2D eigenvalue weighted by atomic mass is 16.5. The number of hydrogen-bond acceptors (Lipinski definition) is 4. The zero-order valence-corrected chi connectivity index (χ0v) is 13.9. The van der Waals surface area contributed by atoms with E-state index in [1.807, 2.05) is 12.1 Å². The normalized spacial score (nSPS) is 14.2. The van der Waals surface area contributed by atoms with Crippen molar-refractivity contribution < 1.29 is 14.6 Å². The number of aliphatic hydroxyl groups excluding tert-OH is 1. The van der Waals surface area contributed by atoms with E-state index in [4.69, 9.17) is 14.6 Å². The van der Waals surface area contributed by atoms with E-state index in [1.165, 1.54) is 18.4 Å². The highest BCUT2D eigenvalue weighted by molar-refractivity contribution is 5.43. The van der Waals surface area contributed by atoms with E-state index < -0.39 is 0 Å². The maximum Gasteiger partial charge on any atom is 0.161 e. The number of H-pyrrole nitrogens is 1. The molecular weight excluding hydrogens is 292 g/mol. The molecule has 0 bridgehead atoms. The van der Waals surface area contributed by atoms with Crippen LogP contribution in [0.15, 0.2) is 30.5 Å². The molecule has 0 unspecified atom stereocenters. The minimum absolute atomic E-state index is 0.349. The van der Waals surface area contributed by atoms with Crippen molar-refractivity contribution in [2.45, 2.75) is 44.6 Å². The average Bonchev–Trinajstić information content (AvgIpc) is 3.29. The Balaban J connectivity index is 0.000000924. The Kier molecular flexibility index (Phi) is 6.94. The number of benzene rings is 1. The first-order valence-electron chi connectivity index (χ1n) is 8.11. The Hall–Kier alpha value is -2.01. The predicted octanol–water partition coefficient (Wildman–Crippen LogP) is 3.13. The first-order chi connectivity index (χ1) is 11.3. The van der Waals surface area contributed by atoms with E-state index in [0.717, 1.165) is 50.0 Å². The van der Waals surface area contributed by atoms with E-state index >= 15 is 0 Å². The van der Waals surface area contributed by atoms with Crippen molar-refractivity contribution in [1.82, 2.24) is 10.2 Å². The second-order valence-corrected chi connectivity index (χ2v) is 5.59. The number of aromatic nitrogens is 2. The lowest BCUT2D eigenvalue weighted by atomic mass is 10.1. The summed E-state index contributed by atoms with van der Waals surface area (Å²) < 4.78 is 11.5. The number of aryl methyl sites for hydroxylation is 2. The number of hydrogen-bond donors (Lipinski definition) is 2. The van der Waals surface area contributed by atoms with Gasteiger partial charge in [-0.1, -0.05) is 6.07 Å². The van der Waals surface area contributed by atoms with Crippen LogP contribution in [0.5, 0.6) is 11.5 Å². The van der Waals surface area contributed by atoms with Gasteiger partial charge in [0.05, 0.1) is 13.2 Å². The van der Waals surface area contributed by atoms with Gasteiger partial charge in [0.25, 0.3) is 0 Å². The molecule has 2 aromatic rings. The van der Waals surface area contributed by atoms with Gasteiger partial charge in [0.15, 0.2) is 11.5 Å². The number of nitrogens with zero attached hydrogens (tertiary/aromatic N) is 1. The van der Waals surface area contributed by atoms with E-state index in [9.17, 15) is 0 Å². The van der Waals surface area contributed by atoms with Crippen molar-refractivity contribution in [2.75, 3.05) is 14.2 Å². The second kappa shape index (κ2) is 9.20. The number of methoxy groups -OCH3 is 1. The van der Waals surface area contributed by atoms with Gasteiger partial charge in [0, 0.05) is 19.0 Å². The van der Waals surface area contributed by atoms with Gasteiger partial charge >= 0.3 is 0 Å².